The fourth-order valence-electron chi connectivity index (χ4n) is 3.22. The molecule has 2 N–H and O–H groups in total. The van der Waals surface area contributed by atoms with Crippen molar-refractivity contribution in [1.82, 2.24) is 10.6 Å². The molecular weight excluding hydrogens is 469 g/mol. The second kappa shape index (κ2) is 10.4. The Bertz CT molecular complexity index is 774. The Balaban J connectivity index is 0.00000280. The van der Waals surface area contributed by atoms with Crippen molar-refractivity contribution in [2.24, 2.45) is 4.99 Å². The predicted octanol–water partition coefficient (Wildman–Crippen LogP) is 3.55. The molecule has 0 bridgehead atoms. The zero-order valence-electron chi connectivity index (χ0n) is 16.7. The molecular formula is C21H28IN3O3. The number of aliphatic imine (C=N–C) groups is 1. The molecule has 0 heterocycles. The summed E-state index contributed by atoms with van der Waals surface area (Å²) in [5.41, 5.74) is 2.39. The van der Waals surface area contributed by atoms with Gasteiger partial charge in [0.1, 0.15) is 0 Å². The number of hydrogen-bond acceptors (Lipinski definition) is 4. The summed E-state index contributed by atoms with van der Waals surface area (Å²) in [6.45, 7) is 0.596. The number of rotatable bonds is 7. The standard InChI is InChI=1S/C21H27N3O3.HI/c1-22-21(24-17-12-16(17)15-8-6-5-7-9-15)23-13-14-10-18(25-2)20(27-4)19(11-14)26-3;/h5-11,16-17H,12-13H2,1-4H3,(H2,22,23,24);1H. The molecule has 6 nitrogen and oxygen atoms in total. The van der Waals surface area contributed by atoms with Crippen molar-refractivity contribution in [2.45, 2.75) is 24.9 Å². The Hall–Kier alpha value is -2.16. The van der Waals surface area contributed by atoms with E-state index in [1.54, 1.807) is 28.4 Å². The zero-order chi connectivity index (χ0) is 19.2. The average molecular weight is 497 g/mol. The van der Waals surface area contributed by atoms with Crippen LogP contribution in [0.25, 0.3) is 0 Å². The maximum absolute atomic E-state index is 5.41. The average Bonchev–Trinajstić information content (AvgIpc) is 3.49. The summed E-state index contributed by atoms with van der Waals surface area (Å²) >= 11 is 0. The van der Waals surface area contributed by atoms with Gasteiger partial charge >= 0.3 is 0 Å². The van der Waals surface area contributed by atoms with Crippen LogP contribution >= 0.6 is 24.0 Å². The number of hydrogen-bond donors (Lipinski definition) is 2. The number of halogens is 1. The topological polar surface area (TPSA) is 64.1 Å². The summed E-state index contributed by atoms with van der Waals surface area (Å²) in [4.78, 5) is 4.34. The van der Waals surface area contributed by atoms with Gasteiger partial charge in [0.25, 0.3) is 0 Å². The number of guanidine groups is 1. The van der Waals surface area contributed by atoms with E-state index in [1.165, 1.54) is 5.56 Å². The number of nitrogens with zero attached hydrogens (tertiary/aromatic N) is 1. The zero-order valence-corrected chi connectivity index (χ0v) is 19.0. The van der Waals surface area contributed by atoms with Gasteiger partial charge in [0, 0.05) is 25.6 Å². The Morgan fingerprint density at radius 1 is 1.04 bits per heavy atom. The van der Waals surface area contributed by atoms with Crippen LogP contribution in [0.15, 0.2) is 47.5 Å². The summed E-state index contributed by atoms with van der Waals surface area (Å²) in [5.74, 6) is 3.21. The number of nitrogens with one attached hydrogen (secondary N) is 2. The lowest BCUT2D eigenvalue weighted by Gasteiger charge is -2.16. The molecule has 1 saturated carbocycles. The first-order chi connectivity index (χ1) is 13.2. The van der Waals surface area contributed by atoms with Gasteiger partial charge in [-0.1, -0.05) is 30.3 Å². The van der Waals surface area contributed by atoms with Crippen LogP contribution in [-0.2, 0) is 6.54 Å². The summed E-state index contributed by atoms with van der Waals surface area (Å²) in [7, 11) is 6.62. The summed E-state index contributed by atoms with van der Waals surface area (Å²) in [5, 5.41) is 6.85. The molecule has 0 aromatic heterocycles. The molecule has 0 saturated heterocycles. The highest BCUT2D eigenvalue weighted by molar-refractivity contribution is 14.0. The van der Waals surface area contributed by atoms with E-state index in [0.29, 0.717) is 35.8 Å². The largest absolute Gasteiger partial charge is 0.493 e. The lowest BCUT2D eigenvalue weighted by atomic mass is 10.1. The smallest absolute Gasteiger partial charge is 0.203 e. The van der Waals surface area contributed by atoms with Crippen molar-refractivity contribution in [3.05, 3.63) is 53.6 Å². The van der Waals surface area contributed by atoms with E-state index in [-0.39, 0.29) is 24.0 Å². The van der Waals surface area contributed by atoms with Gasteiger partial charge < -0.3 is 24.8 Å². The Labute approximate surface area is 183 Å². The monoisotopic (exact) mass is 497 g/mol. The minimum Gasteiger partial charge on any atom is -0.493 e. The highest BCUT2D eigenvalue weighted by Crippen LogP contribution is 2.40. The second-order valence-corrected chi connectivity index (χ2v) is 6.46. The van der Waals surface area contributed by atoms with Gasteiger partial charge in [-0.25, -0.2) is 0 Å². The maximum Gasteiger partial charge on any atom is 0.203 e. The van der Waals surface area contributed by atoms with E-state index < -0.39 is 0 Å². The van der Waals surface area contributed by atoms with Gasteiger partial charge in [-0.15, -0.1) is 24.0 Å². The lowest BCUT2D eigenvalue weighted by molar-refractivity contribution is 0.323. The molecule has 0 spiro atoms. The van der Waals surface area contributed by atoms with Gasteiger partial charge in [0.2, 0.25) is 5.75 Å². The van der Waals surface area contributed by atoms with Gasteiger partial charge in [-0.05, 0) is 29.7 Å². The number of methoxy groups -OCH3 is 3. The Kier molecular flexibility index (Phi) is 8.22. The van der Waals surface area contributed by atoms with E-state index in [4.69, 9.17) is 14.2 Å². The molecule has 3 rings (SSSR count). The normalized spacial score (nSPS) is 17.9. The Morgan fingerprint density at radius 2 is 1.68 bits per heavy atom. The van der Waals surface area contributed by atoms with Crippen molar-refractivity contribution in [1.29, 1.82) is 0 Å². The first-order valence-corrected chi connectivity index (χ1v) is 9.01. The molecule has 2 unspecified atom stereocenters. The van der Waals surface area contributed by atoms with Gasteiger partial charge in [0.15, 0.2) is 17.5 Å². The van der Waals surface area contributed by atoms with Crippen molar-refractivity contribution in [2.75, 3.05) is 28.4 Å². The summed E-state index contributed by atoms with van der Waals surface area (Å²) in [6.07, 6.45) is 1.12. The number of benzene rings is 2. The van der Waals surface area contributed by atoms with Gasteiger partial charge in [-0.2, -0.15) is 0 Å². The van der Waals surface area contributed by atoms with Crippen molar-refractivity contribution < 1.29 is 14.2 Å². The highest BCUT2D eigenvalue weighted by Gasteiger charge is 2.38. The highest BCUT2D eigenvalue weighted by atomic mass is 127. The predicted molar refractivity (Wildman–Crippen MR) is 122 cm³/mol. The molecule has 1 aliphatic carbocycles. The minimum absolute atomic E-state index is 0. The SMILES string of the molecule is CN=C(NCc1cc(OC)c(OC)c(OC)c1)NC1CC1c1ccccc1.I. The van der Waals surface area contributed by atoms with Crippen LogP contribution in [0.2, 0.25) is 0 Å². The molecule has 0 amide bonds. The summed E-state index contributed by atoms with van der Waals surface area (Å²) < 4.78 is 16.2. The first-order valence-electron chi connectivity index (χ1n) is 9.01. The quantitative estimate of drug-likeness (QED) is 0.348. The van der Waals surface area contributed by atoms with Gasteiger partial charge in [-0.3, -0.25) is 4.99 Å². The van der Waals surface area contributed by atoms with E-state index >= 15 is 0 Å². The second-order valence-electron chi connectivity index (χ2n) is 6.46. The fraction of sp³-hybridized carbons (Fsp3) is 0.381. The Morgan fingerprint density at radius 3 is 2.21 bits per heavy atom. The van der Waals surface area contributed by atoms with Crippen LogP contribution in [0.3, 0.4) is 0 Å². The number of ether oxygens (including phenoxy) is 3. The van der Waals surface area contributed by atoms with Crippen LogP contribution in [0.4, 0.5) is 0 Å². The molecule has 0 aliphatic heterocycles. The molecule has 0 radical (unpaired) electrons. The third-order valence-electron chi connectivity index (χ3n) is 4.75. The maximum atomic E-state index is 5.41. The molecule has 7 heteroatoms. The molecule has 2 aromatic carbocycles. The van der Waals surface area contributed by atoms with Crippen LogP contribution in [-0.4, -0.2) is 40.4 Å². The summed E-state index contributed by atoms with van der Waals surface area (Å²) in [6, 6.07) is 14.9. The van der Waals surface area contributed by atoms with E-state index in [1.807, 2.05) is 18.2 Å². The fourth-order valence-corrected chi connectivity index (χ4v) is 3.22. The van der Waals surface area contributed by atoms with Crippen LogP contribution in [0.1, 0.15) is 23.5 Å². The van der Waals surface area contributed by atoms with Crippen molar-refractivity contribution in [3.63, 3.8) is 0 Å². The van der Waals surface area contributed by atoms with E-state index in [0.717, 1.165) is 17.9 Å². The van der Waals surface area contributed by atoms with Crippen LogP contribution in [0.5, 0.6) is 17.2 Å². The lowest BCUT2D eigenvalue weighted by Crippen LogP contribution is -2.38. The molecule has 28 heavy (non-hydrogen) atoms. The third kappa shape index (κ3) is 5.21. The van der Waals surface area contributed by atoms with Crippen molar-refractivity contribution in [3.8, 4) is 17.2 Å². The third-order valence-corrected chi connectivity index (χ3v) is 4.75. The molecule has 152 valence electrons. The van der Waals surface area contributed by atoms with E-state index in [9.17, 15) is 0 Å². The molecule has 2 aromatic rings. The van der Waals surface area contributed by atoms with Crippen molar-refractivity contribution >= 4 is 29.9 Å². The van der Waals surface area contributed by atoms with Crippen LogP contribution in [0, 0.1) is 0 Å². The minimum atomic E-state index is 0. The molecule has 1 fully saturated rings. The van der Waals surface area contributed by atoms with Crippen LogP contribution < -0.4 is 24.8 Å². The molecule has 1 aliphatic rings. The van der Waals surface area contributed by atoms with Gasteiger partial charge in [0.05, 0.1) is 21.3 Å². The first kappa shape index (κ1) is 22.1. The van der Waals surface area contributed by atoms with E-state index in [2.05, 4.69) is 39.9 Å². The molecule has 2 atom stereocenters.